The van der Waals surface area contributed by atoms with Crippen molar-refractivity contribution in [3.05, 3.63) is 76.8 Å². The van der Waals surface area contributed by atoms with Gasteiger partial charge in [-0.3, -0.25) is 9.59 Å². The summed E-state index contributed by atoms with van der Waals surface area (Å²) < 4.78 is 0. The first kappa shape index (κ1) is 19.3. The summed E-state index contributed by atoms with van der Waals surface area (Å²) >= 11 is 0. The molecule has 30 heavy (non-hydrogen) atoms. The Bertz CT molecular complexity index is 1300. The monoisotopic (exact) mass is 399 g/mol. The summed E-state index contributed by atoms with van der Waals surface area (Å²) in [4.78, 5) is 35.5. The molecular formula is C23H21N5O2. The van der Waals surface area contributed by atoms with Crippen LogP contribution in [0.5, 0.6) is 0 Å². The molecule has 0 aliphatic carbocycles. The molecule has 7 heteroatoms. The number of aryl methyl sites for hydroxylation is 1. The van der Waals surface area contributed by atoms with E-state index >= 15 is 0 Å². The second-order valence-corrected chi connectivity index (χ2v) is 6.94. The van der Waals surface area contributed by atoms with Gasteiger partial charge >= 0.3 is 0 Å². The molecule has 1 amide bonds. The lowest BCUT2D eigenvalue weighted by atomic mass is 10.0. The maximum absolute atomic E-state index is 12.2. The Hall–Kier alpha value is -4.00. The van der Waals surface area contributed by atoms with Crippen molar-refractivity contribution in [2.75, 3.05) is 10.6 Å². The molecule has 0 atom stereocenters. The predicted octanol–water partition coefficient (Wildman–Crippen LogP) is 4.39. The van der Waals surface area contributed by atoms with Crippen molar-refractivity contribution < 1.29 is 4.79 Å². The second-order valence-electron chi connectivity index (χ2n) is 6.94. The number of rotatable bonds is 5. The summed E-state index contributed by atoms with van der Waals surface area (Å²) in [5.41, 5.74) is 4.50. The molecule has 7 nitrogen and oxygen atoms in total. The molecule has 150 valence electrons. The van der Waals surface area contributed by atoms with Gasteiger partial charge in [0.15, 0.2) is 0 Å². The van der Waals surface area contributed by atoms with Gasteiger partial charge in [0.2, 0.25) is 11.9 Å². The van der Waals surface area contributed by atoms with Crippen LogP contribution in [-0.2, 0) is 4.79 Å². The first-order valence-electron chi connectivity index (χ1n) is 9.66. The minimum absolute atomic E-state index is 0.0441. The van der Waals surface area contributed by atoms with Crippen molar-refractivity contribution in [1.82, 2.24) is 15.0 Å². The van der Waals surface area contributed by atoms with Gasteiger partial charge in [0.25, 0.3) is 5.56 Å². The predicted molar refractivity (Wildman–Crippen MR) is 119 cm³/mol. The zero-order chi connectivity index (χ0) is 21.1. The lowest BCUT2D eigenvalue weighted by molar-refractivity contribution is -0.115. The van der Waals surface area contributed by atoms with Crippen molar-refractivity contribution >= 4 is 34.1 Å². The first-order valence-corrected chi connectivity index (χ1v) is 9.66. The first-order chi connectivity index (χ1) is 14.5. The third-order valence-corrected chi connectivity index (χ3v) is 4.76. The van der Waals surface area contributed by atoms with Gasteiger partial charge in [-0.05, 0) is 54.4 Å². The number of pyridine rings is 1. The molecule has 0 aliphatic heterocycles. The Morgan fingerprint density at radius 2 is 1.93 bits per heavy atom. The van der Waals surface area contributed by atoms with Crippen LogP contribution in [0.25, 0.3) is 22.0 Å². The van der Waals surface area contributed by atoms with Gasteiger partial charge in [-0.2, -0.15) is 0 Å². The summed E-state index contributed by atoms with van der Waals surface area (Å²) in [5.74, 6) is 0.403. The standard InChI is InChI=1S/C23H21N5O2/c1-3-20(29)26-17-5-4-6-18(12-17)27-23-25-13-16-11-15(7-8-19(16)28-23)21-14(2)9-10-24-22(21)30/h4-13H,3H2,1-2H3,(H,24,30)(H,26,29)(H,25,27,28). The highest BCUT2D eigenvalue weighted by molar-refractivity contribution is 5.91. The zero-order valence-corrected chi connectivity index (χ0v) is 16.7. The molecule has 0 bridgehead atoms. The number of benzene rings is 2. The van der Waals surface area contributed by atoms with E-state index in [0.29, 0.717) is 23.6 Å². The lowest BCUT2D eigenvalue weighted by Crippen LogP contribution is -2.09. The van der Waals surface area contributed by atoms with Crippen molar-refractivity contribution in [3.63, 3.8) is 0 Å². The van der Waals surface area contributed by atoms with Gasteiger partial charge in [-0.15, -0.1) is 0 Å². The van der Waals surface area contributed by atoms with E-state index in [1.54, 1.807) is 19.3 Å². The topological polar surface area (TPSA) is 99.8 Å². The third kappa shape index (κ3) is 4.05. The van der Waals surface area contributed by atoms with Crippen LogP contribution in [0.15, 0.2) is 65.7 Å². The molecule has 2 heterocycles. The lowest BCUT2D eigenvalue weighted by Gasteiger charge is -2.09. The summed E-state index contributed by atoms with van der Waals surface area (Å²) in [6, 6.07) is 14.9. The van der Waals surface area contributed by atoms with E-state index in [1.165, 1.54) is 0 Å². The third-order valence-electron chi connectivity index (χ3n) is 4.76. The van der Waals surface area contributed by atoms with E-state index in [-0.39, 0.29) is 11.5 Å². The molecule has 2 aromatic carbocycles. The van der Waals surface area contributed by atoms with Crippen LogP contribution in [0.4, 0.5) is 17.3 Å². The van der Waals surface area contributed by atoms with E-state index in [0.717, 1.165) is 27.7 Å². The molecule has 0 saturated heterocycles. The Kier molecular flexibility index (Phi) is 5.26. The fourth-order valence-corrected chi connectivity index (χ4v) is 3.24. The number of H-pyrrole nitrogens is 1. The smallest absolute Gasteiger partial charge is 0.256 e. The molecule has 0 aliphatic rings. The van der Waals surface area contributed by atoms with Crippen LogP contribution >= 0.6 is 0 Å². The number of nitrogens with zero attached hydrogens (tertiary/aromatic N) is 2. The summed E-state index contributed by atoms with van der Waals surface area (Å²) in [6.07, 6.45) is 3.79. The largest absolute Gasteiger partial charge is 0.329 e. The fourth-order valence-electron chi connectivity index (χ4n) is 3.24. The second kappa shape index (κ2) is 8.16. The highest BCUT2D eigenvalue weighted by Gasteiger charge is 2.09. The van der Waals surface area contributed by atoms with Gasteiger partial charge in [0, 0.05) is 41.1 Å². The Labute approximate surface area is 173 Å². The van der Waals surface area contributed by atoms with E-state index < -0.39 is 0 Å². The minimum atomic E-state index is -0.122. The molecule has 4 rings (SSSR count). The molecule has 2 aromatic heterocycles. The minimum Gasteiger partial charge on any atom is -0.329 e. The average molecular weight is 399 g/mol. The van der Waals surface area contributed by atoms with Crippen LogP contribution in [0.3, 0.4) is 0 Å². The molecule has 0 saturated carbocycles. The van der Waals surface area contributed by atoms with Crippen LogP contribution < -0.4 is 16.2 Å². The quantitative estimate of drug-likeness (QED) is 0.462. The molecular weight excluding hydrogens is 378 g/mol. The van der Waals surface area contributed by atoms with Crippen molar-refractivity contribution in [2.45, 2.75) is 20.3 Å². The normalized spacial score (nSPS) is 10.7. The number of aromatic amines is 1. The number of carbonyl (C=O) groups excluding carboxylic acids is 1. The Balaban J connectivity index is 1.61. The Morgan fingerprint density at radius 3 is 2.73 bits per heavy atom. The average Bonchev–Trinajstić information content (AvgIpc) is 2.74. The van der Waals surface area contributed by atoms with Crippen LogP contribution in [0, 0.1) is 6.92 Å². The molecule has 0 spiro atoms. The molecule has 4 aromatic rings. The van der Waals surface area contributed by atoms with E-state index in [1.807, 2.05) is 55.5 Å². The fraction of sp³-hybridized carbons (Fsp3) is 0.130. The van der Waals surface area contributed by atoms with Crippen LogP contribution in [-0.4, -0.2) is 20.9 Å². The molecule has 3 N–H and O–H groups in total. The van der Waals surface area contributed by atoms with Gasteiger partial charge in [-0.25, -0.2) is 9.97 Å². The van der Waals surface area contributed by atoms with E-state index in [2.05, 4.69) is 25.6 Å². The highest BCUT2D eigenvalue weighted by atomic mass is 16.1. The SMILES string of the molecule is CCC(=O)Nc1cccc(Nc2ncc3cc(-c4c(C)cc[nH]c4=O)ccc3n2)c1. The zero-order valence-electron chi connectivity index (χ0n) is 16.7. The van der Waals surface area contributed by atoms with Gasteiger partial charge < -0.3 is 15.6 Å². The molecule has 0 fully saturated rings. The summed E-state index contributed by atoms with van der Waals surface area (Å²) in [6.45, 7) is 3.72. The maximum Gasteiger partial charge on any atom is 0.256 e. The van der Waals surface area contributed by atoms with Crippen LogP contribution in [0.2, 0.25) is 0 Å². The number of carbonyl (C=O) groups is 1. The number of hydrogen-bond donors (Lipinski definition) is 3. The van der Waals surface area contributed by atoms with Crippen molar-refractivity contribution in [1.29, 1.82) is 0 Å². The van der Waals surface area contributed by atoms with Crippen molar-refractivity contribution in [2.24, 2.45) is 0 Å². The maximum atomic E-state index is 12.2. The number of fused-ring (bicyclic) bond motifs is 1. The summed E-state index contributed by atoms with van der Waals surface area (Å²) in [5, 5.41) is 6.83. The number of anilines is 3. The number of nitrogens with one attached hydrogen (secondary N) is 3. The van der Waals surface area contributed by atoms with Crippen molar-refractivity contribution in [3.8, 4) is 11.1 Å². The van der Waals surface area contributed by atoms with Gasteiger partial charge in [0.1, 0.15) is 0 Å². The summed E-state index contributed by atoms with van der Waals surface area (Å²) in [7, 11) is 0. The number of hydrogen-bond acceptors (Lipinski definition) is 5. The van der Waals surface area contributed by atoms with Gasteiger partial charge in [0.05, 0.1) is 5.52 Å². The highest BCUT2D eigenvalue weighted by Crippen LogP contribution is 2.25. The Morgan fingerprint density at radius 1 is 1.10 bits per heavy atom. The van der Waals surface area contributed by atoms with Crippen LogP contribution in [0.1, 0.15) is 18.9 Å². The number of aromatic nitrogens is 3. The van der Waals surface area contributed by atoms with E-state index in [4.69, 9.17) is 0 Å². The van der Waals surface area contributed by atoms with Gasteiger partial charge in [-0.1, -0.05) is 19.1 Å². The number of amides is 1. The molecule has 0 radical (unpaired) electrons. The molecule has 0 unspecified atom stereocenters. The van der Waals surface area contributed by atoms with E-state index in [9.17, 15) is 9.59 Å².